The van der Waals surface area contributed by atoms with Crippen molar-refractivity contribution in [2.45, 2.75) is 19.6 Å². The van der Waals surface area contributed by atoms with Crippen LogP contribution in [0.2, 0.25) is 0 Å². The van der Waals surface area contributed by atoms with Gasteiger partial charge in [-0.15, -0.1) is 23.1 Å². The summed E-state index contributed by atoms with van der Waals surface area (Å²) >= 11 is 2.96. The first-order chi connectivity index (χ1) is 11.6. The zero-order chi connectivity index (χ0) is 17.1. The van der Waals surface area contributed by atoms with Gasteiger partial charge < -0.3 is 0 Å². The summed E-state index contributed by atoms with van der Waals surface area (Å²) in [4.78, 5) is 28.5. The van der Waals surface area contributed by atoms with E-state index in [1.165, 1.54) is 28.0 Å². The molecule has 0 aliphatic carbocycles. The van der Waals surface area contributed by atoms with Crippen LogP contribution in [0.4, 0.5) is 0 Å². The third-order valence-electron chi connectivity index (χ3n) is 3.67. The fourth-order valence-electron chi connectivity index (χ4n) is 2.59. The van der Waals surface area contributed by atoms with Crippen LogP contribution in [0.5, 0.6) is 0 Å². The second-order valence-electron chi connectivity index (χ2n) is 6.07. The summed E-state index contributed by atoms with van der Waals surface area (Å²) in [5, 5.41) is 1.94. The van der Waals surface area contributed by atoms with Gasteiger partial charge in [0.2, 0.25) is 0 Å². The molecule has 0 N–H and O–H groups in total. The van der Waals surface area contributed by atoms with Gasteiger partial charge in [-0.05, 0) is 22.9 Å². The smallest absolute Gasteiger partial charge is 0.268 e. The first kappa shape index (κ1) is 17.0. The van der Waals surface area contributed by atoms with E-state index in [1.54, 1.807) is 0 Å². The highest BCUT2D eigenvalue weighted by Crippen LogP contribution is 2.39. The molecule has 0 saturated carbocycles. The van der Waals surface area contributed by atoms with Crippen molar-refractivity contribution in [1.29, 1.82) is 0 Å². The average molecular weight is 358 g/mol. The summed E-state index contributed by atoms with van der Waals surface area (Å²) in [6.07, 6.45) is 0. The summed E-state index contributed by atoms with van der Waals surface area (Å²) in [7, 11) is 0. The summed E-state index contributed by atoms with van der Waals surface area (Å²) in [5.41, 5.74) is 1.71. The Morgan fingerprint density at radius 2 is 1.79 bits per heavy atom. The zero-order valence-electron chi connectivity index (χ0n) is 13.7. The molecule has 5 heteroatoms. The Morgan fingerprint density at radius 3 is 2.42 bits per heavy atom. The molecule has 0 bridgehead atoms. The van der Waals surface area contributed by atoms with Crippen molar-refractivity contribution >= 4 is 40.5 Å². The Balaban J connectivity index is 1.90. The number of hydrogen-bond acceptors (Lipinski definition) is 4. The van der Waals surface area contributed by atoms with E-state index in [0.29, 0.717) is 22.8 Å². The van der Waals surface area contributed by atoms with E-state index < -0.39 is 0 Å². The van der Waals surface area contributed by atoms with Gasteiger partial charge in [-0.3, -0.25) is 14.5 Å². The average Bonchev–Trinajstić information content (AvgIpc) is 3.16. The fourth-order valence-corrected chi connectivity index (χ4v) is 4.50. The van der Waals surface area contributed by atoms with Crippen molar-refractivity contribution in [1.82, 2.24) is 4.90 Å². The Labute approximate surface area is 150 Å². The minimum Gasteiger partial charge on any atom is -0.274 e. The van der Waals surface area contributed by atoms with Gasteiger partial charge in [0.25, 0.3) is 11.8 Å². The van der Waals surface area contributed by atoms with E-state index in [1.807, 2.05) is 61.7 Å². The molecule has 24 heavy (non-hydrogen) atoms. The molecule has 0 saturated heterocycles. The molecule has 3 nitrogen and oxygen atoms in total. The van der Waals surface area contributed by atoms with Gasteiger partial charge in [0.1, 0.15) is 0 Å². The molecular formula is C19H19NO2S2. The van der Waals surface area contributed by atoms with E-state index in [9.17, 15) is 9.59 Å². The highest BCUT2D eigenvalue weighted by Gasteiger charge is 2.39. The molecule has 1 aliphatic heterocycles. The summed E-state index contributed by atoms with van der Waals surface area (Å²) in [6.45, 7) is 4.49. The van der Waals surface area contributed by atoms with E-state index in [-0.39, 0.29) is 17.7 Å². The van der Waals surface area contributed by atoms with Crippen molar-refractivity contribution in [2.75, 3.05) is 6.54 Å². The molecule has 0 spiro atoms. The Kier molecular flexibility index (Phi) is 5.21. The topological polar surface area (TPSA) is 37.4 Å². The number of benzene rings is 1. The Hall–Kier alpha value is -1.85. The number of rotatable bonds is 6. The minimum atomic E-state index is -0.160. The second kappa shape index (κ2) is 7.36. The number of carbonyl (C=O) groups is 2. The van der Waals surface area contributed by atoms with Crippen molar-refractivity contribution in [3.63, 3.8) is 0 Å². The lowest BCUT2D eigenvalue weighted by Gasteiger charge is -2.17. The van der Waals surface area contributed by atoms with Gasteiger partial charge in [0.05, 0.1) is 10.5 Å². The predicted octanol–water partition coefficient (Wildman–Crippen LogP) is 4.42. The maximum Gasteiger partial charge on any atom is 0.268 e. The lowest BCUT2D eigenvalue weighted by molar-refractivity contribution is -0.137. The van der Waals surface area contributed by atoms with Crippen LogP contribution < -0.4 is 0 Å². The minimum absolute atomic E-state index is 0.155. The SMILES string of the molecule is CC(C)CN1C(=O)C(SCc2ccccc2)=C(c2cccs2)C1=O. The predicted molar refractivity (Wildman–Crippen MR) is 101 cm³/mol. The number of thioether (sulfide) groups is 1. The molecule has 2 amide bonds. The summed E-state index contributed by atoms with van der Waals surface area (Å²) < 4.78 is 0. The number of imide groups is 1. The van der Waals surface area contributed by atoms with Crippen LogP contribution in [0.1, 0.15) is 24.3 Å². The molecule has 0 atom stereocenters. The van der Waals surface area contributed by atoms with Gasteiger partial charge in [0.15, 0.2) is 0 Å². The highest BCUT2D eigenvalue weighted by atomic mass is 32.2. The molecule has 0 unspecified atom stereocenters. The van der Waals surface area contributed by atoms with Crippen molar-refractivity contribution in [3.8, 4) is 0 Å². The monoisotopic (exact) mass is 357 g/mol. The standard InChI is InChI=1S/C19H19NO2S2/c1-13(2)11-20-18(21)16(15-9-6-10-23-15)17(19(20)22)24-12-14-7-4-3-5-8-14/h3-10,13H,11-12H2,1-2H3. The lowest BCUT2D eigenvalue weighted by atomic mass is 10.2. The normalized spacial score (nSPS) is 15.0. The Morgan fingerprint density at radius 1 is 1.04 bits per heavy atom. The Bertz CT molecular complexity index is 764. The maximum absolute atomic E-state index is 12.8. The van der Waals surface area contributed by atoms with E-state index in [2.05, 4.69) is 0 Å². The van der Waals surface area contributed by atoms with E-state index in [4.69, 9.17) is 0 Å². The number of carbonyl (C=O) groups excluding carboxylic acids is 2. The van der Waals surface area contributed by atoms with Crippen LogP contribution >= 0.6 is 23.1 Å². The molecule has 1 aliphatic rings. The molecule has 1 aromatic carbocycles. The van der Waals surface area contributed by atoms with Gasteiger partial charge in [0, 0.05) is 17.2 Å². The number of thiophene rings is 1. The molecule has 0 fully saturated rings. The van der Waals surface area contributed by atoms with Crippen molar-refractivity contribution < 1.29 is 9.59 Å². The fraction of sp³-hybridized carbons (Fsp3) is 0.263. The highest BCUT2D eigenvalue weighted by molar-refractivity contribution is 8.03. The zero-order valence-corrected chi connectivity index (χ0v) is 15.3. The van der Waals surface area contributed by atoms with Crippen LogP contribution in [0, 0.1) is 5.92 Å². The van der Waals surface area contributed by atoms with Crippen molar-refractivity contribution in [2.24, 2.45) is 5.92 Å². The summed E-state index contributed by atoms with van der Waals surface area (Å²) in [5.74, 6) is 0.616. The van der Waals surface area contributed by atoms with Gasteiger partial charge in [-0.2, -0.15) is 0 Å². The van der Waals surface area contributed by atoms with Crippen LogP contribution in [-0.2, 0) is 15.3 Å². The molecule has 0 radical (unpaired) electrons. The quantitative estimate of drug-likeness (QED) is 0.718. The second-order valence-corrected chi connectivity index (χ2v) is 8.00. The van der Waals surface area contributed by atoms with Gasteiger partial charge >= 0.3 is 0 Å². The van der Waals surface area contributed by atoms with Gasteiger partial charge in [-0.1, -0.05) is 50.2 Å². The molecule has 3 rings (SSSR count). The molecule has 2 aromatic rings. The first-order valence-corrected chi connectivity index (χ1v) is 9.75. The molecule has 124 valence electrons. The summed E-state index contributed by atoms with van der Waals surface area (Å²) in [6, 6.07) is 13.8. The van der Waals surface area contributed by atoms with E-state index >= 15 is 0 Å². The van der Waals surface area contributed by atoms with E-state index in [0.717, 1.165) is 10.4 Å². The molecular weight excluding hydrogens is 338 g/mol. The third-order valence-corrected chi connectivity index (χ3v) is 5.70. The van der Waals surface area contributed by atoms with Crippen LogP contribution in [-0.4, -0.2) is 23.3 Å². The first-order valence-electron chi connectivity index (χ1n) is 7.89. The lowest BCUT2D eigenvalue weighted by Crippen LogP contribution is -2.34. The number of amides is 2. The third kappa shape index (κ3) is 3.47. The number of hydrogen-bond donors (Lipinski definition) is 0. The maximum atomic E-state index is 12.8. The van der Waals surface area contributed by atoms with Crippen LogP contribution in [0.25, 0.3) is 5.57 Å². The molecule has 2 heterocycles. The largest absolute Gasteiger partial charge is 0.274 e. The van der Waals surface area contributed by atoms with Crippen LogP contribution in [0.15, 0.2) is 52.7 Å². The number of nitrogens with zero attached hydrogens (tertiary/aromatic N) is 1. The van der Waals surface area contributed by atoms with Gasteiger partial charge in [-0.25, -0.2) is 0 Å². The van der Waals surface area contributed by atoms with Crippen LogP contribution in [0.3, 0.4) is 0 Å². The molecule has 1 aromatic heterocycles. The van der Waals surface area contributed by atoms with Crippen molar-refractivity contribution in [3.05, 3.63) is 63.2 Å².